The minimum absolute atomic E-state index is 0.154. The van der Waals surface area contributed by atoms with E-state index in [1.54, 1.807) is 0 Å². The fourth-order valence-corrected chi connectivity index (χ4v) is 3.21. The van der Waals surface area contributed by atoms with Crippen molar-refractivity contribution in [3.05, 3.63) is 81.3 Å². The lowest BCUT2D eigenvalue weighted by atomic mass is 9.94. The minimum atomic E-state index is -0.687. The fourth-order valence-electron chi connectivity index (χ4n) is 2.84. The second-order valence-corrected chi connectivity index (χ2v) is 6.43. The third-order valence-corrected chi connectivity index (χ3v) is 4.41. The predicted octanol–water partition coefficient (Wildman–Crippen LogP) is 4.85. The number of rotatable bonds is 3. The Morgan fingerprint density at radius 1 is 1.00 bits per heavy atom. The smallest absolute Gasteiger partial charge is 0.291 e. The van der Waals surface area contributed by atoms with Gasteiger partial charge in [-0.05, 0) is 38.0 Å². The Hall–Kier alpha value is -2.26. The number of halogens is 1. The molecule has 0 amide bonds. The van der Waals surface area contributed by atoms with Gasteiger partial charge in [0.05, 0.1) is 5.56 Å². The van der Waals surface area contributed by atoms with Crippen LogP contribution in [-0.4, -0.2) is 4.74 Å². The molecule has 1 heterocycles. The minimum Gasteiger partial charge on any atom is -0.380 e. The first-order valence-corrected chi connectivity index (χ1v) is 7.84. The molecule has 0 saturated heterocycles. The van der Waals surface area contributed by atoms with Crippen LogP contribution >= 0.6 is 11.6 Å². The summed E-state index contributed by atoms with van der Waals surface area (Å²) in [4.78, 5) is 12.9. The molecule has 0 aliphatic heterocycles. The van der Waals surface area contributed by atoms with Crippen LogP contribution in [0, 0.1) is 6.92 Å². The van der Waals surface area contributed by atoms with E-state index < -0.39 is 5.54 Å². The van der Waals surface area contributed by atoms with Crippen LogP contribution in [0.3, 0.4) is 0 Å². The van der Waals surface area contributed by atoms with E-state index in [1.807, 2.05) is 75.4 Å². The number of hydrogen-bond donors (Lipinski definition) is 0. The van der Waals surface area contributed by atoms with Crippen LogP contribution in [-0.2, 0) is 5.54 Å². The monoisotopic (exact) mass is 327 g/mol. The molecule has 0 spiro atoms. The van der Waals surface area contributed by atoms with Gasteiger partial charge in [-0.3, -0.25) is 4.79 Å². The van der Waals surface area contributed by atoms with Gasteiger partial charge in [0.1, 0.15) is 11.3 Å². The van der Waals surface area contributed by atoms with Crippen molar-refractivity contribution < 1.29 is 4.52 Å². The highest BCUT2D eigenvalue weighted by Crippen LogP contribution is 2.32. The standard InChI is InChI=1S/C19H18ClNO2/c1-13-17(14-9-5-4-6-10-14)18(22)21(23-13)19(2,3)15-11-7-8-12-16(15)20/h4-12H,1-3H3. The summed E-state index contributed by atoms with van der Waals surface area (Å²) in [6.45, 7) is 5.66. The molecule has 0 saturated carbocycles. The van der Waals surface area contributed by atoms with E-state index in [4.69, 9.17) is 16.1 Å². The molecular formula is C19H18ClNO2. The topological polar surface area (TPSA) is 35.1 Å². The largest absolute Gasteiger partial charge is 0.380 e. The van der Waals surface area contributed by atoms with Crippen molar-refractivity contribution in [1.82, 2.24) is 4.74 Å². The third kappa shape index (κ3) is 2.62. The lowest BCUT2D eigenvalue weighted by Gasteiger charge is -2.25. The summed E-state index contributed by atoms with van der Waals surface area (Å²) >= 11 is 6.32. The van der Waals surface area contributed by atoms with Crippen LogP contribution in [0.25, 0.3) is 11.1 Å². The molecule has 0 aliphatic carbocycles. The lowest BCUT2D eigenvalue weighted by Crippen LogP contribution is -2.35. The Morgan fingerprint density at radius 3 is 2.26 bits per heavy atom. The first kappa shape index (κ1) is 15.6. The van der Waals surface area contributed by atoms with Crippen molar-refractivity contribution >= 4 is 11.6 Å². The van der Waals surface area contributed by atoms with E-state index in [2.05, 4.69) is 0 Å². The van der Waals surface area contributed by atoms with Gasteiger partial charge in [-0.15, -0.1) is 0 Å². The number of aryl methyl sites for hydroxylation is 1. The molecular weight excluding hydrogens is 310 g/mol. The molecule has 0 bridgehead atoms. The summed E-state index contributed by atoms with van der Waals surface area (Å²) in [6, 6.07) is 17.1. The summed E-state index contributed by atoms with van der Waals surface area (Å²) in [7, 11) is 0. The fraction of sp³-hybridized carbons (Fsp3) is 0.211. The molecule has 0 radical (unpaired) electrons. The van der Waals surface area contributed by atoms with E-state index in [0.29, 0.717) is 16.3 Å². The molecule has 1 aromatic heterocycles. The van der Waals surface area contributed by atoms with Gasteiger partial charge in [-0.2, -0.15) is 4.74 Å². The van der Waals surface area contributed by atoms with Gasteiger partial charge < -0.3 is 4.52 Å². The molecule has 3 aromatic rings. The second-order valence-electron chi connectivity index (χ2n) is 6.03. The normalized spacial score (nSPS) is 11.7. The summed E-state index contributed by atoms with van der Waals surface area (Å²) in [6.07, 6.45) is 0. The van der Waals surface area contributed by atoms with Gasteiger partial charge in [0.15, 0.2) is 0 Å². The van der Waals surface area contributed by atoms with Crippen LogP contribution < -0.4 is 5.56 Å². The molecule has 118 valence electrons. The Labute approximate surface area is 140 Å². The summed E-state index contributed by atoms with van der Waals surface area (Å²) in [5, 5.41) is 0.611. The van der Waals surface area contributed by atoms with Crippen molar-refractivity contribution in [2.24, 2.45) is 0 Å². The maximum atomic E-state index is 12.9. The number of hydrogen-bond acceptors (Lipinski definition) is 2. The van der Waals surface area contributed by atoms with E-state index in [1.165, 1.54) is 4.74 Å². The summed E-state index contributed by atoms with van der Waals surface area (Å²) in [5.41, 5.74) is 1.45. The third-order valence-electron chi connectivity index (χ3n) is 4.08. The molecule has 0 N–H and O–H groups in total. The van der Waals surface area contributed by atoms with Gasteiger partial charge in [-0.1, -0.05) is 60.1 Å². The molecule has 0 fully saturated rings. The van der Waals surface area contributed by atoms with Crippen LogP contribution in [0.15, 0.2) is 63.9 Å². The predicted molar refractivity (Wildman–Crippen MR) is 93.0 cm³/mol. The second kappa shape index (κ2) is 5.74. The summed E-state index contributed by atoms with van der Waals surface area (Å²) in [5.74, 6) is 0.598. The lowest BCUT2D eigenvalue weighted by molar-refractivity contribution is 0.166. The van der Waals surface area contributed by atoms with Crippen molar-refractivity contribution in [2.75, 3.05) is 0 Å². The van der Waals surface area contributed by atoms with Crippen molar-refractivity contribution in [1.29, 1.82) is 0 Å². The highest BCUT2D eigenvalue weighted by molar-refractivity contribution is 6.31. The molecule has 0 atom stereocenters. The molecule has 3 nitrogen and oxygen atoms in total. The zero-order valence-electron chi connectivity index (χ0n) is 13.3. The Morgan fingerprint density at radius 2 is 1.61 bits per heavy atom. The van der Waals surface area contributed by atoms with E-state index >= 15 is 0 Å². The van der Waals surface area contributed by atoms with Gasteiger partial charge in [0.25, 0.3) is 5.56 Å². The molecule has 0 aliphatic rings. The van der Waals surface area contributed by atoms with Crippen LogP contribution in [0.2, 0.25) is 5.02 Å². The number of benzene rings is 2. The van der Waals surface area contributed by atoms with Gasteiger partial charge >= 0.3 is 0 Å². The number of nitrogens with zero attached hydrogens (tertiary/aromatic N) is 1. The molecule has 4 heteroatoms. The summed E-state index contributed by atoms with van der Waals surface area (Å²) < 4.78 is 7.23. The molecule has 0 unspecified atom stereocenters. The van der Waals surface area contributed by atoms with E-state index in [0.717, 1.165) is 11.1 Å². The van der Waals surface area contributed by atoms with Gasteiger partial charge in [0, 0.05) is 5.02 Å². The first-order valence-electron chi connectivity index (χ1n) is 7.47. The van der Waals surface area contributed by atoms with Crippen molar-refractivity contribution in [2.45, 2.75) is 26.3 Å². The van der Waals surface area contributed by atoms with Crippen LogP contribution in [0.5, 0.6) is 0 Å². The van der Waals surface area contributed by atoms with Gasteiger partial charge in [-0.25, -0.2) is 0 Å². The average molecular weight is 328 g/mol. The van der Waals surface area contributed by atoms with Crippen molar-refractivity contribution in [3.63, 3.8) is 0 Å². The SMILES string of the molecule is Cc1on(C(C)(C)c2ccccc2Cl)c(=O)c1-c1ccccc1. The Bertz CT molecular complexity index is 891. The average Bonchev–Trinajstić information content (AvgIpc) is 2.84. The molecule has 2 aromatic carbocycles. The highest BCUT2D eigenvalue weighted by Gasteiger charge is 2.31. The highest BCUT2D eigenvalue weighted by atomic mass is 35.5. The Kier molecular flexibility index (Phi) is 3.90. The molecule has 3 rings (SSSR count). The maximum absolute atomic E-state index is 12.9. The van der Waals surface area contributed by atoms with Crippen LogP contribution in [0.4, 0.5) is 0 Å². The number of aromatic nitrogens is 1. The Balaban J connectivity index is 2.19. The van der Waals surface area contributed by atoms with E-state index in [-0.39, 0.29) is 5.56 Å². The van der Waals surface area contributed by atoms with Crippen molar-refractivity contribution in [3.8, 4) is 11.1 Å². The van der Waals surface area contributed by atoms with Crippen LogP contribution in [0.1, 0.15) is 25.2 Å². The molecule has 23 heavy (non-hydrogen) atoms. The maximum Gasteiger partial charge on any atom is 0.291 e. The van der Waals surface area contributed by atoms with Gasteiger partial charge in [0.2, 0.25) is 0 Å². The zero-order valence-corrected chi connectivity index (χ0v) is 14.1. The first-order chi connectivity index (χ1) is 10.9. The van der Waals surface area contributed by atoms with E-state index in [9.17, 15) is 4.79 Å². The quantitative estimate of drug-likeness (QED) is 0.689. The zero-order chi connectivity index (χ0) is 16.6.